The molecule has 1 aliphatic heterocycles. The molecule has 1 saturated heterocycles. The van der Waals surface area contributed by atoms with Crippen molar-refractivity contribution in [2.75, 3.05) is 17.3 Å². The second-order valence-corrected chi connectivity index (χ2v) is 8.33. The molecule has 1 aromatic rings. The van der Waals surface area contributed by atoms with Gasteiger partial charge >= 0.3 is 5.97 Å². The molecule has 2 heterocycles. The number of carbonyl (C=O) groups excluding carboxylic acids is 1. The molecule has 8 heteroatoms. The summed E-state index contributed by atoms with van der Waals surface area (Å²) in [5.74, 6) is 1.02. The molecule has 4 nitrogen and oxygen atoms in total. The molecule has 0 aliphatic carbocycles. The summed E-state index contributed by atoms with van der Waals surface area (Å²) in [6.07, 6.45) is 0.490. The molecule has 0 aromatic carbocycles. The van der Waals surface area contributed by atoms with E-state index in [1.54, 1.807) is 11.8 Å². The second kappa shape index (κ2) is 7.06. The average Bonchev–Trinajstić information content (AvgIpc) is 2.99. The predicted molar refractivity (Wildman–Crippen MR) is 85.9 cm³/mol. The molecule has 1 fully saturated rings. The zero-order valence-corrected chi connectivity index (χ0v) is 13.8. The summed E-state index contributed by atoms with van der Waals surface area (Å²) < 4.78 is 0.734. The fourth-order valence-corrected chi connectivity index (χ4v) is 5.21. The number of aliphatic carboxylic acids is 1. The van der Waals surface area contributed by atoms with E-state index in [0.717, 1.165) is 15.0 Å². The van der Waals surface area contributed by atoms with E-state index < -0.39 is 11.5 Å². The highest BCUT2D eigenvalue weighted by atomic mass is 35.5. The number of hydrogen-bond acceptors (Lipinski definition) is 5. The predicted octanol–water partition coefficient (Wildman–Crippen LogP) is 2.71. The lowest BCUT2D eigenvalue weighted by Gasteiger charge is -2.24. The van der Waals surface area contributed by atoms with Crippen LogP contribution >= 0.6 is 46.5 Å². The van der Waals surface area contributed by atoms with Gasteiger partial charge in [-0.2, -0.15) is 11.8 Å². The van der Waals surface area contributed by atoms with E-state index >= 15 is 0 Å². The molecule has 0 radical (unpaired) electrons. The third-order valence-electron chi connectivity index (χ3n) is 2.92. The standard InChI is InChI=1S/C12H14ClNO3S3/c13-9-2-1-8(20-9)5-19-6-10(15)14-12(11(16)17)3-4-18-7-12/h1-2H,3-7H2,(H,14,15)(H,16,17). The van der Waals surface area contributed by atoms with Crippen molar-refractivity contribution in [3.63, 3.8) is 0 Å². The van der Waals surface area contributed by atoms with E-state index in [-0.39, 0.29) is 11.7 Å². The molecular weight excluding hydrogens is 338 g/mol. The van der Waals surface area contributed by atoms with Crippen molar-refractivity contribution < 1.29 is 14.7 Å². The lowest BCUT2D eigenvalue weighted by molar-refractivity contribution is -0.146. The highest BCUT2D eigenvalue weighted by Crippen LogP contribution is 2.29. The third-order valence-corrected chi connectivity index (χ3v) is 6.50. The van der Waals surface area contributed by atoms with Gasteiger partial charge < -0.3 is 10.4 Å². The monoisotopic (exact) mass is 351 g/mol. The lowest BCUT2D eigenvalue weighted by Crippen LogP contribution is -2.55. The van der Waals surface area contributed by atoms with Crippen molar-refractivity contribution >= 4 is 58.3 Å². The van der Waals surface area contributed by atoms with Gasteiger partial charge in [-0.15, -0.1) is 23.1 Å². The quantitative estimate of drug-likeness (QED) is 0.824. The molecule has 1 aliphatic rings. The Kier molecular flexibility index (Phi) is 5.65. The van der Waals surface area contributed by atoms with Crippen LogP contribution in [0.1, 0.15) is 11.3 Å². The van der Waals surface area contributed by atoms with Gasteiger partial charge in [0.2, 0.25) is 5.91 Å². The first-order chi connectivity index (χ1) is 9.52. The van der Waals surface area contributed by atoms with Crippen LogP contribution in [0.25, 0.3) is 0 Å². The van der Waals surface area contributed by atoms with E-state index in [1.165, 1.54) is 23.1 Å². The van der Waals surface area contributed by atoms with Gasteiger partial charge in [0.15, 0.2) is 0 Å². The summed E-state index contributed by atoms with van der Waals surface area (Å²) in [5, 5.41) is 12.0. The van der Waals surface area contributed by atoms with Crippen LogP contribution in [0, 0.1) is 0 Å². The molecular formula is C12H14ClNO3S3. The molecule has 2 N–H and O–H groups in total. The van der Waals surface area contributed by atoms with Gasteiger partial charge in [-0.1, -0.05) is 11.6 Å². The Morgan fingerprint density at radius 3 is 2.85 bits per heavy atom. The number of rotatable bonds is 6. The van der Waals surface area contributed by atoms with Crippen LogP contribution in [0.15, 0.2) is 12.1 Å². The van der Waals surface area contributed by atoms with Crippen molar-refractivity contribution in [1.29, 1.82) is 0 Å². The zero-order chi connectivity index (χ0) is 14.6. The summed E-state index contributed by atoms with van der Waals surface area (Å²) in [5.41, 5.74) is -1.07. The fourth-order valence-electron chi connectivity index (χ4n) is 1.86. The van der Waals surface area contributed by atoms with Crippen molar-refractivity contribution in [1.82, 2.24) is 5.32 Å². The maximum Gasteiger partial charge on any atom is 0.330 e. The van der Waals surface area contributed by atoms with E-state index in [0.29, 0.717) is 17.9 Å². The van der Waals surface area contributed by atoms with Crippen molar-refractivity contribution in [2.24, 2.45) is 0 Å². The lowest BCUT2D eigenvalue weighted by atomic mass is 9.99. The molecule has 0 bridgehead atoms. The van der Waals surface area contributed by atoms with E-state index in [2.05, 4.69) is 5.32 Å². The van der Waals surface area contributed by atoms with Crippen LogP contribution in [0.2, 0.25) is 4.34 Å². The fraction of sp³-hybridized carbons (Fsp3) is 0.500. The zero-order valence-electron chi connectivity index (χ0n) is 10.6. The molecule has 0 spiro atoms. The van der Waals surface area contributed by atoms with Crippen LogP contribution in [-0.2, 0) is 15.3 Å². The highest BCUT2D eigenvalue weighted by molar-refractivity contribution is 7.99. The molecule has 1 unspecified atom stereocenters. The average molecular weight is 352 g/mol. The molecule has 1 aromatic heterocycles. The Morgan fingerprint density at radius 1 is 1.50 bits per heavy atom. The number of halogens is 1. The number of carbonyl (C=O) groups is 2. The maximum absolute atomic E-state index is 11.9. The van der Waals surface area contributed by atoms with Crippen LogP contribution in [0.3, 0.4) is 0 Å². The number of hydrogen-bond donors (Lipinski definition) is 2. The summed E-state index contributed by atoms with van der Waals surface area (Å²) >= 11 is 10.3. The summed E-state index contributed by atoms with van der Waals surface area (Å²) in [4.78, 5) is 24.3. The summed E-state index contributed by atoms with van der Waals surface area (Å²) in [7, 11) is 0. The van der Waals surface area contributed by atoms with Crippen LogP contribution in [-0.4, -0.2) is 39.8 Å². The Balaban J connectivity index is 1.78. The summed E-state index contributed by atoms with van der Waals surface area (Å²) in [6.45, 7) is 0. The minimum absolute atomic E-state index is 0.220. The number of thioether (sulfide) groups is 2. The van der Waals surface area contributed by atoms with Crippen molar-refractivity contribution in [3.8, 4) is 0 Å². The van der Waals surface area contributed by atoms with Crippen molar-refractivity contribution in [3.05, 3.63) is 21.3 Å². The Hall–Kier alpha value is -0.370. The largest absolute Gasteiger partial charge is 0.479 e. The van der Waals surface area contributed by atoms with Crippen LogP contribution in [0.4, 0.5) is 0 Å². The Bertz CT molecular complexity index is 500. The Labute approximate surface area is 134 Å². The van der Waals surface area contributed by atoms with Gasteiger partial charge in [-0.05, 0) is 24.3 Å². The van der Waals surface area contributed by atoms with E-state index in [9.17, 15) is 14.7 Å². The van der Waals surface area contributed by atoms with Crippen LogP contribution in [0.5, 0.6) is 0 Å². The second-order valence-electron chi connectivity index (χ2n) is 4.44. The highest BCUT2D eigenvalue weighted by Gasteiger charge is 2.43. The number of nitrogens with one attached hydrogen (secondary N) is 1. The Morgan fingerprint density at radius 2 is 2.30 bits per heavy atom. The smallest absolute Gasteiger partial charge is 0.330 e. The van der Waals surface area contributed by atoms with Gasteiger partial charge in [0.25, 0.3) is 0 Å². The normalized spacial score (nSPS) is 21.9. The topological polar surface area (TPSA) is 66.4 Å². The number of thiophene rings is 1. The third kappa shape index (κ3) is 4.07. The minimum Gasteiger partial charge on any atom is -0.479 e. The summed E-state index contributed by atoms with van der Waals surface area (Å²) in [6, 6.07) is 3.77. The SMILES string of the molecule is O=C(CSCc1ccc(Cl)s1)NC1(C(=O)O)CCSC1. The first-order valence-electron chi connectivity index (χ1n) is 5.96. The van der Waals surface area contributed by atoms with Gasteiger partial charge in [-0.3, -0.25) is 4.79 Å². The first-order valence-corrected chi connectivity index (χ1v) is 9.46. The number of carboxylic acid groups (broad SMARTS) is 1. The molecule has 0 saturated carbocycles. The van der Waals surface area contributed by atoms with Gasteiger partial charge in [0.1, 0.15) is 5.54 Å². The van der Waals surface area contributed by atoms with Gasteiger partial charge in [0.05, 0.1) is 10.1 Å². The molecule has 1 atom stereocenters. The van der Waals surface area contributed by atoms with E-state index in [4.69, 9.17) is 11.6 Å². The van der Waals surface area contributed by atoms with Crippen molar-refractivity contribution in [2.45, 2.75) is 17.7 Å². The molecule has 2 rings (SSSR count). The number of carboxylic acids is 1. The van der Waals surface area contributed by atoms with Crippen LogP contribution < -0.4 is 5.32 Å². The van der Waals surface area contributed by atoms with Gasteiger partial charge in [0, 0.05) is 16.4 Å². The molecule has 110 valence electrons. The van der Waals surface area contributed by atoms with E-state index in [1.807, 2.05) is 12.1 Å². The maximum atomic E-state index is 11.9. The number of amides is 1. The molecule has 20 heavy (non-hydrogen) atoms. The molecule has 1 amide bonds. The minimum atomic E-state index is -1.07. The van der Waals surface area contributed by atoms with Gasteiger partial charge in [-0.25, -0.2) is 4.79 Å². The first kappa shape index (κ1) is 16.0.